The van der Waals surface area contributed by atoms with Gasteiger partial charge in [0.05, 0.1) is 0 Å². The summed E-state index contributed by atoms with van der Waals surface area (Å²) in [5.74, 6) is 0.432. The molecule has 0 aromatic heterocycles. The average molecular weight is 234 g/mol. The summed E-state index contributed by atoms with van der Waals surface area (Å²) in [5.41, 5.74) is 1.39. The summed E-state index contributed by atoms with van der Waals surface area (Å²) >= 11 is 0. The molecule has 0 fully saturated rings. The second-order valence-electron chi connectivity index (χ2n) is 5.51. The fraction of sp³-hybridized carbons (Fsp3) is 0.533. The van der Waals surface area contributed by atoms with E-state index in [1.165, 1.54) is 0 Å². The van der Waals surface area contributed by atoms with Gasteiger partial charge in [0.1, 0.15) is 5.75 Å². The third-order valence-electron chi connectivity index (χ3n) is 2.88. The van der Waals surface area contributed by atoms with Gasteiger partial charge in [0.25, 0.3) is 0 Å². The van der Waals surface area contributed by atoms with Gasteiger partial charge < -0.3 is 5.11 Å². The second-order valence-corrected chi connectivity index (χ2v) is 5.51. The highest BCUT2D eigenvalue weighted by molar-refractivity contribution is 5.96. The van der Waals surface area contributed by atoms with Crippen molar-refractivity contribution in [3.8, 4) is 5.75 Å². The van der Waals surface area contributed by atoms with E-state index in [9.17, 15) is 9.90 Å². The molecule has 0 amide bonds. The van der Waals surface area contributed by atoms with Crippen molar-refractivity contribution in [1.29, 1.82) is 0 Å². The van der Waals surface area contributed by atoms with E-state index in [4.69, 9.17) is 0 Å². The Kier molecular flexibility index (Phi) is 4.33. The van der Waals surface area contributed by atoms with Crippen LogP contribution in [0, 0.1) is 0 Å². The van der Waals surface area contributed by atoms with Crippen LogP contribution in [-0.2, 0) is 5.41 Å². The summed E-state index contributed by atoms with van der Waals surface area (Å²) in [6.45, 7) is 8.16. The maximum atomic E-state index is 11.9. The third kappa shape index (κ3) is 3.58. The quantitative estimate of drug-likeness (QED) is 0.797. The Morgan fingerprint density at radius 1 is 1.29 bits per heavy atom. The van der Waals surface area contributed by atoms with Crippen molar-refractivity contribution in [2.45, 2.75) is 52.4 Å². The lowest BCUT2D eigenvalue weighted by atomic mass is 9.85. The molecular weight excluding hydrogens is 212 g/mol. The molecule has 0 aliphatic heterocycles. The van der Waals surface area contributed by atoms with Gasteiger partial charge in [-0.2, -0.15) is 0 Å². The van der Waals surface area contributed by atoms with Gasteiger partial charge in [-0.05, 0) is 35.6 Å². The molecule has 0 aliphatic carbocycles. The molecule has 17 heavy (non-hydrogen) atoms. The number of ketones is 1. The molecule has 0 unspecified atom stereocenters. The summed E-state index contributed by atoms with van der Waals surface area (Å²) in [4.78, 5) is 11.9. The second kappa shape index (κ2) is 5.35. The van der Waals surface area contributed by atoms with Gasteiger partial charge in [-0.3, -0.25) is 4.79 Å². The van der Waals surface area contributed by atoms with Crippen LogP contribution >= 0.6 is 0 Å². The van der Waals surface area contributed by atoms with Crippen molar-refractivity contribution in [2.75, 3.05) is 0 Å². The fourth-order valence-corrected chi connectivity index (χ4v) is 1.79. The highest BCUT2D eigenvalue weighted by Crippen LogP contribution is 2.31. The smallest absolute Gasteiger partial charge is 0.162 e. The van der Waals surface area contributed by atoms with Gasteiger partial charge in [-0.25, -0.2) is 0 Å². The Bertz CT molecular complexity index is 400. The minimum absolute atomic E-state index is 0.148. The molecule has 0 saturated carbocycles. The Morgan fingerprint density at radius 3 is 2.47 bits per heavy atom. The molecule has 0 radical (unpaired) electrons. The van der Waals surface area contributed by atoms with Crippen LogP contribution < -0.4 is 0 Å². The number of Topliss-reactive ketones (excluding diaryl/α,β-unsaturated/α-hetero) is 1. The largest absolute Gasteiger partial charge is 0.508 e. The topological polar surface area (TPSA) is 37.3 Å². The minimum atomic E-state index is -0.148. The third-order valence-corrected chi connectivity index (χ3v) is 2.88. The zero-order chi connectivity index (χ0) is 13.1. The van der Waals surface area contributed by atoms with Gasteiger partial charge in [-0.1, -0.05) is 34.1 Å². The van der Waals surface area contributed by atoms with Gasteiger partial charge in [-0.15, -0.1) is 0 Å². The fourth-order valence-electron chi connectivity index (χ4n) is 1.79. The number of hydrogen-bond acceptors (Lipinski definition) is 2. The number of hydrogen-bond donors (Lipinski definition) is 1. The van der Waals surface area contributed by atoms with Gasteiger partial charge in [0.2, 0.25) is 0 Å². The molecule has 1 rings (SSSR count). The van der Waals surface area contributed by atoms with Crippen molar-refractivity contribution >= 4 is 5.78 Å². The monoisotopic (exact) mass is 234 g/mol. The first kappa shape index (κ1) is 13.8. The summed E-state index contributed by atoms with van der Waals surface area (Å²) < 4.78 is 0. The molecule has 0 spiro atoms. The molecule has 0 bridgehead atoms. The molecule has 0 heterocycles. The summed E-state index contributed by atoms with van der Waals surface area (Å²) in [7, 11) is 0. The van der Waals surface area contributed by atoms with Crippen molar-refractivity contribution in [2.24, 2.45) is 0 Å². The maximum Gasteiger partial charge on any atom is 0.162 e. The van der Waals surface area contributed by atoms with E-state index in [0.717, 1.165) is 18.4 Å². The average Bonchev–Trinajstić information content (AvgIpc) is 2.25. The van der Waals surface area contributed by atoms with Crippen LogP contribution in [0.3, 0.4) is 0 Å². The number of carbonyl (C=O) groups excluding carboxylic acids is 1. The number of benzene rings is 1. The Morgan fingerprint density at radius 2 is 1.94 bits per heavy atom. The highest BCUT2D eigenvalue weighted by atomic mass is 16.3. The van der Waals surface area contributed by atoms with Gasteiger partial charge in [0, 0.05) is 12.0 Å². The van der Waals surface area contributed by atoms with E-state index in [2.05, 4.69) is 6.92 Å². The lowest BCUT2D eigenvalue weighted by Crippen LogP contribution is -2.12. The van der Waals surface area contributed by atoms with E-state index in [0.29, 0.717) is 12.0 Å². The molecule has 1 aromatic carbocycles. The SMILES string of the molecule is CCCCC(=O)c1ccc(O)c(C(C)(C)C)c1. The van der Waals surface area contributed by atoms with Crippen LogP contribution in [0.5, 0.6) is 5.75 Å². The highest BCUT2D eigenvalue weighted by Gasteiger charge is 2.19. The van der Waals surface area contributed by atoms with E-state index >= 15 is 0 Å². The Hall–Kier alpha value is -1.31. The van der Waals surface area contributed by atoms with Crippen LogP contribution in [0.25, 0.3) is 0 Å². The van der Waals surface area contributed by atoms with Crippen LogP contribution in [0.4, 0.5) is 0 Å². The molecule has 0 saturated heterocycles. The van der Waals surface area contributed by atoms with Crippen LogP contribution in [0.15, 0.2) is 18.2 Å². The number of phenols is 1. The lowest BCUT2D eigenvalue weighted by molar-refractivity contribution is 0.0979. The maximum absolute atomic E-state index is 11.9. The molecule has 0 aliphatic rings. The zero-order valence-corrected chi connectivity index (χ0v) is 11.2. The molecule has 1 aromatic rings. The van der Waals surface area contributed by atoms with Crippen LogP contribution in [0.1, 0.15) is 62.9 Å². The first-order valence-corrected chi connectivity index (χ1v) is 6.23. The standard InChI is InChI=1S/C15H22O2/c1-5-6-7-13(16)11-8-9-14(17)12(10-11)15(2,3)4/h8-10,17H,5-7H2,1-4H3. The molecule has 2 nitrogen and oxygen atoms in total. The number of carbonyl (C=O) groups is 1. The molecule has 2 heteroatoms. The Balaban J connectivity index is 3.00. The molecule has 0 atom stereocenters. The van der Waals surface area contributed by atoms with Gasteiger partial charge in [0.15, 0.2) is 5.78 Å². The van der Waals surface area contributed by atoms with Crippen molar-refractivity contribution in [1.82, 2.24) is 0 Å². The van der Waals surface area contributed by atoms with E-state index in [1.807, 2.05) is 26.8 Å². The van der Waals surface area contributed by atoms with E-state index < -0.39 is 0 Å². The first-order valence-electron chi connectivity index (χ1n) is 6.23. The minimum Gasteiger partial charge on any atom is -0.508 e. The van der Waals surface area contributed by atoms with Gasteiger partial charge >= 0.3 is 0 Å². The molecular formula is C15H22O2. The van der Waals surface area contributed by atoms with E-state index in [1.54, 1.807) is 12.1 Å². The van der Waals surface area contributed by atoms with Crippen molar-refractivity contribution in [3.05, 3.63) is 29.3 Å². The van der Waals surface area contributed by atoms with E-state index in [-0.39, 0.29) is 16.9 Å². The predicted molar refractivity (Wildman–Crippen MR) is 70.7 cm³/mol. The summed E-state index contributed by atoms with van der Waals surface area (Å²) in [6.07, 6.45) is 2.53. The van der Waals surface area contributed by atoms with Crippen LogP contribution in [0.2, 0.25) is 0 Å². The molecule has 1 N–H and O–H groups in total. The van der Waals surface area contributed by atoms with Crippen molar-refractivity contribution in [3.63, 3.8) is 0 Å². The van der Waals surface area contributed by atoms with Crippen LogP contribution in [-0.4, -0.2) is 10.9 Å². The number of unbranched alkanes of at least 4 members (excludes halogenated alkanes) is 1. The first-order chi connectivity index (χ1) is 7.86. The summed E-state index contributed by atoms with van der Waals surface area (Å²) in [6, 6.07) is 5.16. The lowest BCUT2D eigenvalue weighted by Gasteiger charge is -2.21. The van der Waals surface area contributed by atoms with Crippen molar-refractivity contribution < 1.29 is 9.90 Å². The Labute approximate surface area is 104 Å². The number of phenolic OH excluding ortho intramolecular Hbond substituents is 1. The number of rotatable bonds is 4. The zero-order valence-electron chi connectivity index (χ0n) is 11.2. The summed E-state index contributed by atoms with van der Waals surface area (Å²) in [5, 5.41) is 9.82. The normalized spacial score (nSPS) is 11.5. The molecule has 94 valence electrons. The number of aromatic hydroxyl groups is 1. The predicted octanol–water partition coefficient (Wildman–Crippen LogP) is 4.06.